The number of aliphatic hydroxyl groups is 1. The first-order valence-electron chi connectivity index (χ1n) is 8.34. The SMILES string of the molecule is O=C(c1ccc2nc(-c3cc(Cl)cc(Cl)c3)oc2c1)N1C[C@@H]2C(O)[C@@H]2C1. The predicted octanol–water partition coefficient (Wildman–Crippen LogP) is 3.86. The number of hydrogen-bond donors (Lipinski definition) is 1. The Balaban J connectivity index is 1.45. The highest BCUT2D eigenvalue weighted by atomic mass is 35.5. The summed E-state index contributed by atoms with van der Waals surface area (Å²) < 4.78 is 5.83. The van der Waals surface area contributed by atoms with Crippen molar-refractivity contribution < 1.29 is 14.3 Å². The van der Waals surface area contributed by atoms with Gasteiger partial charge in [-0.25, -0.2) is 4.98 Å². The van der Waals surface area contributed by atoms with Gasteiger partial charge >= 0.3 is 0 Å². The average molecular weight is 389 g/mol. The van der Waals surface area contributed by atoms with E-state index < -0.39 is 0 Å². The number of aliphatic hydroxyl groups excluding tert-OH is 1. The van der Waals surface area contributed by atoms with Gasteiger partial charge in [-0.2, -0.15) is 0 Å². The number of rotatable bonds is 2. The first-order chi connectivity index (χ1) is 12.5. The molecular weight excluding hydrogens is 375 g/mol. The summed E-state index contributed by atoms with van der Waals surface area (Å²) in [5.41, 5.74) is 2.43. The lowest BCUT2D eigenvalue weighted by atomic mass is 10.2. The number of piperidine rings is 1. The zero-order valence-corrected chi connectivity index (χ0v) is 15.0. The van der Waals surface area contributed by atoms with Crippen LogP contribution in [0.1, 0.15) is 10.4 Å². The van der Waals surface area contributed by atoms with Crippen LogP contribution in [0.25, 0.3) is 22.6 Å². The number of hydrogen-bond acceptors (Lipinski definition) is 4. The van der Waals surface area contributed by atoms with Gasteiger partial charge in [0.1, 0.15) is 5.52 Å². The number of oxazole rings is 1. The summed E-state index contributed by atoms with van der Waals surface area (Å²) in [6, 6.07) is 10.3. The minimum Gasteiger partial charge on any atom is -0.436 e. The van der Waals surface area contributed by atoms with Crippen LogP contribution < -0.4 is 0 Å². The standard InChI is InChI=1S/C19H14Cl2N2O3/c20-11-3-10(4-12(21)6-11)18-22-15-2-1-9(5-16(15)26-18)19(25)23-7-13-14(8-23)17(13)24/h1-6,13-14,17,24H,7-8H2/t13-,14+,17?. The maximum Gasteiger partial charge on any atom is 0.254 e. The molecule has 0 bridgehead atoms. The van der Waals surface area contributed by atoms with E-state index in [-0.39, 0.29) is 23.8 Å². The van der Waals surface area contributed by atoms with Crippen LogP contribution in [-0.4, -0.2) is 40.1 Å². The number of carbonyl (C=O) groups excluding carboxylic acids is 1. The van der Waals surface area contributed by atoms with Crippen LogP contribution in [0.4, 0.5) is 0 Å². The third kappa shape index (κ3) is 2.58. The average Bonchev–Trinajstić information content (AvgIpc) is 3.01. The molecule has 7 heteroatoms. The fraction of sp³-hybridized carbons (Fsp3) is 0.263. The number of aromatic nitrogens is 1. The number of benzene rings is 2. The molecular formula is C19H14Cl2N2O3. The molecule has 1 amide bonds. The Morgan fingerprint density at radius 3 is 2.50 bits per heavy atom. The first kappa shape index (κ1) is 16.1. The monoisotopic (exact) mass is 388 g/mol. The molecule has 1 unspecified atom stereocenters. The van der Waals surface area contributed by atoms with Gasteiger partial charge in [-0.3, -0.25) is 4.79 Å². The summed E-state index contributed by atoms with van der Waals surface area (Å²) in [5.74, 6) is 0.842. The molecule has 3 atom stereocenters. The van der Waals surface area contributed by atoms with Crippen molar-refractivity contribution >= 4 is 40.2 Å². The molecule has 1 aliphatic carbocycles. The van der Waals surface area contributed by atoms with Crippen LogP contribution in [0.15, 0.2) is 40.8 Å². The quantitative estimate of drug-likeness (QED) is 0.723. The lowest BCUT2D eigenvalue weighted by Crippen LogP contribution is -2.32. The number of likely N-dealkylation sites (tertiary alicyclic amines) is 1. The van der Waals surface area contributed by atoms with E-state index in [4.69, 9.17) is 27.6 Å². The maximum atomic E-state index is 12.7. The van der Waals surface area contributed by atoms with E-state index in [2.05, 4.69) is 4.98 Å². The van der Waals surface area contributed by atoms with E-state index >= 15 is 0 Å². The third-order valence-corrected chi connectivity index (χ3v) is 5.62. The van der Waals surface area contributed by atoms with E-state index in [0.717, 1.165) is 0 Å². The molecule has 132 valence electrons. The van der Waals surface area contributed by atoms with Crippen molar-refractivity contribution in [2.45, 2.75) is 6.10 Å². The van der Waals surface area contributed by atoms with Gasteiger partial charge in [0.15, 0.2) is 5.58 Å². The highest BCUT2D eigenvalue weighted by Gasteiger charge is 2.56. The van der Waals surface area contributed by atoms with Gasteiger partial charge in [0.25, 0.3) is 5.91 Å². The van der Waals surface area contributed by atoms with Gasteiger partial charge in [-0.1, -0.05) is 23.2 Å². The minimum atomic E-state index is -0.233. The van der Waals surface area contributed by atoms with Gasteiger partial charge < -0.3 is 14.4 Å². The molecule has 1 saturated heterocycles. The summed E-state index contributed by atoms with van der Waals surface area (Å²) in [4.78, 5) is 18.9. The summed E-state index contributed by atoms with van der Waals surface area (Å²) in [5, 5.41) is 10.6. The van der Waals surface area contributed by atoms with Gasteiger partial charge in [0.2, 0.25) is 5.89 Å². The van der Waals surface area contributed by atoms with E-state index in [0.29, 0.717) is 51.3 Å². The largest absolute Gasteiger partial charge is 0.436 e. The molecule has 0 radical (unpaired) electrons. The molecule has 2 fully saturated rings. The molecule has 2 aliphatic rings. The van der Waals surface area contributed by atoms with Crippen LogP contribution in [0, 0.1) is 11.8 Å². The summed E-state index contributed by atoms with van der Waals surface area (Å²) in [7, 11) is 0. The molecule has 0 spiro atoms. The maximum absolute atomic E-state index is 12.7. The number of carbonyl (C=O) groups is 1. The Morgan fingerprint density at radius 2 is 1.81 bits per heavy atom. The van der Waals surface area contributed by atoms with Crippen LogP contribution in [-0.2, 0) is 0 Å². The Morgan fingerprint density at radius 1 is 1.12 bits per heavy atom. The van der Waals surface area contributed by atoms with Crippen molar-refractivity contribution in [3.63, 3.8) is 0 Å². The lowest BCUT2D eigenvalue weighted by molar-refractivity contribution is 0.0746. The normalized spacial score (nSPS) is 24.1. The number of nitrogens with zero attached hydrogens (tertiary/aromatic N) is 2. The van der Waals surface area contributed by atoms with E-state index in [1.807, 2.05) is 0 Å². The summed E-state index contributed by atoms with van der Waals surface area (Å²) >= 11 is 12.1. The zero-order chi connectivity index (χ0) is 18.0. The fourth-order valence-electron chi connectivity index (χ4n) is 3.70. The first-order valence-corrected chi connectivity index (χ1v) is 9.09. The van der Waals surface area contributed by atoms with Crippen LogP contribution in [0.5, 0.6) is 0 Å². The Labute approximate surface area is 159 Å². The predicted molar refractivity (Wildman–Crippen MR) is 98.4 cm³/mol. The van der Waals surface area contributed by atoms with Crippen molar-refractivity contribution in [1.29, 1.82) is 0 Å². The highest BCUT2D eigenvalue weighted by molar-refractivity contribution is 6.35. The second-order valence-electron chi connectivity index (χ2n) is 6.89. The Hall–Kier alpha value is -2.08. The molecule has 26 heavy (non-hydrogen) atoms. The highest BCUT2D eigenvalue weighted by Crippen LogP contribution is 2.45. The smallest absolute Gasteiger partial charge is 0.254 e. The van der Waals surface area contributed by atoms with E-state index in [1.165, 1.54) is 0 Å². The lowest BCUT2D eigenvalue weighted by Gasteiger charge is -2.18. The van der Waals surface area contributed by atoms with Crippen LogP contribution in [0.2, 0.25) is 10.0 Å². The van der Waals surface area contributed by atoms with Gasteiger partial charge in [0, 0.05) is 46.1 Å². The number of amides is 1. The van der Waals surface area contributed by atoms with Gasteiger partial charge in [-0.05, 0) is 36.4 Å². The van der Waals surface area contributed by atoms with Crippen molar-refractivity contribution in [2.24, 2.45) is 11.8 Å². The fourth-order valence-corrected chi connectivity index (χ4v) is 4.23. The van der Waals surface area contributed by atoms with E-state index in [1.54, 1.807) is 41.3 Å². The van der Waals surface area contributed by atoms with Gasteiger partial charge in [-0.15, -0.1) is 0 Å². The number of fused-ring (bicyclic) bond motifs is 2. The summed E-state index contributed by atoms with van der Waals surface area (Å²) in [6.45, 7) is 1.23. The second kappa shape index (κ2) is 5.71. The van der Waals surface area contributed by atoms with Crippen molar-refractivity contribution in [3.8, 4) is 11.5 Å². The second-order valence-corrected chi connectivity index (χ2v) is 7.76. The van der Waals surface area contributed by atoms with Crippen molar-refractivity contribution in [3.05, 3.63) is 52.0 Å². The molecule has 3 aromatic rings. The van der Waals surface area contributed by atoms with Crippen molar-refractivity contribution in [1.82, 2.24) is 9.88 Å². The molecule has 1 aliphatic heterocycles. The Kier molecular flexibility index (Phi) is 3.54. The minimum absolute atomic E-state index is 0.0462. The number of halogens is 2. The third-order valence-electron chi connectivity index (χ3n) is 5.18. The van der Waals surface area contributed by atoms with Crippen LogP contribution in [0.3, 0.4) is 0 Å². The molecule has 5 nitrogen and oxygen atoms in total. The van der Waals surface area contributed by atoms with E-state index in [9.17, 15) is 9.90 Å². The molecule has 2 heterocycles. The Bertz CT molecular complexity index is 1020. The zero-order valence-electron chi connectivity index (χ0n) is 13.5. The molecule has 1 saturated carbocycles. The molecule has 1 aromatic heterocycles. The van der Waals surface area contributed by atoms with Gasteiger partial charge in [0.05, 0.1) is 6.10 Å². The summed E-state index contributed by atoms with van der Waals surface area (Å²) in [6.07, 6.45) is -0.233. The van der Waals surface area contributed by atoms with Crippen molar-refractivity contribution in [2.75, 3.05) is 13.1 Å². The molecule has 2 aromatic carbocycles. The van der Waals surface area contributed by atoms with Crippen LogP contribution >= 0.6 is 23.2 Å². The molecule has 1 N–H and O–H groups in total. The topological polar surface area (TPSA) is 66.6 Å². The molecule has 5 rings (SSSR count).